The van der Waals surface area contributed by atoms with Gasteiger partial charge in [0, 0.05) is 0 Å². The van der Waals surface area contributed by atoms with Crippen LogP contribution in [0.5, 0.6) is 0 Å². The van der Waals surface area contributed by atoms with E-state index in [-0.39, 0.29) is 21.7 Å². The molecule has 0 saturated heterocycles. The van der Waals surface area contributed by atoms with E-state index < -0.39 is 0 Å². The molecule has 0 bridgehead atoms. The molecule has 172 valence electrons. The first kappa shape index (κ1) is 25.7. The Hall–Kier alpha value is -1.56. The molecule has 0 heterocycles. The van der Waals surface area contributed by atoms with Crippen LogP contribution in [0.25, 0.3) is 0 Å². The van der Waals surface area contributed by atoms with Gasteiger partial charge >= 0.3 is 0 Å². The number of rotatable bonds is 3. The minimum Gasteiger partial charge on any atom is -0.0620 e. The Morgan fingerprint density at radius 2 is 1.00 bits per heavy atom. The van der Waals surface area contributed by atoms with Crippen LogP contribution in [0.3, 0.4) is 0 Å². The van der Waals surface area contributed by atoms with Gasteiger partial charge in [-0.1, -0.05) is 126 Å². The average molecular weight is 421 g/mol. The van der Waals surface area contributed by atoms with Gasteiger partial charge in [-0.3, -0.25) is 0 Å². The maximum absolute atomic E-state index is 2.45. The van der Waals surface area contributed by atoms with Crippen molar-refractivity contribution in [2.45, 2.75) is 124 Å². The lowest BCUT2D eigenvalue weighted by molar-refractivity contribution is 0.504. The lowest BCUT2D eigenvalue weighted by Crippen LogP contribution is -2.28. The van der Waals surface area contributed by atoms with Crippen molar-refractivity contribution in [3.63, 3.8) is 0 Å². The molecule has 31 heavy (non-hydrogen) atoms. The summed E-state index contributed by atoms with van der Waals surface area (Å²) in [6, 6.07) is 13.9. The van der Waals surface area contributed by atoms with E-state index in [0.717, 1.165) is 6.42 Å². The third kappa shape index (κ3) is 5.82. The number of hydrogen-bond donors (Lipinski definition) is 0. The van der Waals surface area contributed by atoms with E-state index in [1.165, 1.54) is 22.3 Å². The van der Waals surface area contributed by atoms with E-state index in [2.05, 4.69) is 126 Å². The van der Waals surface area contributed by atoms with Crippen LogP contribution < -0.4 is 0 Å². The van der Waals surface area contributed by atoms with Gasteiger partial charge in [0.2, 0.25) is 0 Å². The van der Waals surface area contributed by atoms with Gasteiger partial charge in [0.05, 0.1) is 0 Å². The van der Waals surface area contributed by atoms with Crippen molar-refractivity contribution >= 4 is 0 Å². The normalized spacial score (nSPS) is 14.6. The molecule has 0 aliphatic carbocycles. The molecule has 0 spiro atoms. The second-order valence-electron chi connectivity index (χ2n) is 13.7. The van der Waals surface area contributed by atoms with Crippen molar-refractivity contribution in [1.29, 1.82) is 0 Å². The fraction of sp³-hybridized carbons (Fsp3) is 0.613. The van der Waals surface area contributed by atoms with Gasteiger partial charge in [0.25, 0.3) is 0 Å². The van der Waals surface area contributed by atoms with Crippen LogP contribution in [0.2, 0.25) is 0 Å². The molecule has 0 heteroatoms. The summed E-state index contributed by atoms with van der Waals surface area (Å²) in [5.74, 6) is 0.453. The van der Waals surface area contributed by atoms with E-state index in [0.29, 0.717) is 5.92 Å². The Morgan fingerprint density at radius 1 is 0.548 bits per heavy atom. The predicted molar refractivity (Wildman–Crippen MR) is 140 cm³/mol. The molecular formula is C31H48. The summed E-state index contributed by atoms with van der Waals surface area (Å²) in [4.78, 5) is 0. The minimum absolute atomic E-state index is 0.0943. The molecule has 2 aromatic carbocycles. The first-order valence-corrected chi connectivity index (χ1v) is 12.1. The van der Waals surface area contributed by atoms with Crippen LogP contribution in [0.4, 0.5) is 0 Å². The molecule has 1 atom stereocenters. The standard InChI is InChI=1S/C31H48/c1-21(20-22-16-14-15-17-23(22)28(2,3)4)26-24(29(5,6)7)18-19-25(30(8,9)10)27(26)31(11,12)13/h14-19,21H,20H2,1-13H3. The van der Waals surface area contributed by atoms with Gasteiger partial charge in [-0.05, 0) is 67.4 Å². The topological polar surface area (TPSA) is 0 Å². The van der Waals surface area contributed by atoms with Gasteiger partial charge in [-0.25, -0.2) is 0 Å². The van der Waals surface area contributed by atoms with Crippen LogP contribution in [0.1, 0.15) is 129 Å². The first-order chi connectivity index (χ1) is 13.8. The van der Waals surface area contributed by atoms with Gasteiger partial charge in [-0.2, -0.15) is 0 Å². The van der Waals surface area contributed by atoms with E-state index in [9.17, 15) is 0 Å². The van der Waals surface area contributed by atoms with Crippen LogP contribution in [-0.4, -0.2) is 0 Å². The molecule has 0 nitrogen and oxygen atoms in total. The van der Waals surface area contributed by atoms with Crippen LogP contribution in [0.15, 0.2) is 36.4 Å². The Kier molecular flexibility index (Phi) is 6.98. The lowest BCUT2D eigenvalue weighted by atomic mass is 9.66. The summed E-state index contributed by atoms with van der Waals surface area (Å²) in [5, 5.41) is 0. The molecule has 0 radical (unpaired) electrons. The zero-order valence-electron chi connectivity index (χ0n) is 22.7. The van der Waals surface area contributed by atoms with E-state index >= 15 is 0 Å². The van der Waals surface area contributed by atoms with Crippen molar-refractivity contribution < 1.29 is 0 Å². The molecule has 0 aromatic heterocycles. The molecular weight excluding hydrogens is 372 g/mol. The van der Waals surface area contributed by atoms with Crippen LogP contribution in [0, 0.1) is 0 Å². The Labute approximate surface area is 193 Å². The highest BCUT2D eigenvalue weighted by molar-refractivity contribution is 5.52. The van der Waals surface area contributed by atoms with Crippen molar-refractivity contribution in [2.24, 2.45) is 0 Å². The molecule has 0 N–H and O–H groups in total. The lowest BCUT2D eigenvalue weighted by Gasteiger charge is -2.38. The van der Waals surface area contributed by atoms with Crippen LogP contribution in [-0.2, 0) is 28.1 Å². The molecule has 0 fully saturated rings. The monoisotopic (exact) mass is 420 g/mol. The zero-order valence-corrected chi connectivity index (χ0v) is 22.7. The maximum Gasteiger partial charge on any atom is -0.0126 e. The fourth-order valence-corrected chi connectivity index (χ4v) is 5.08. The predicted octanol–water partition coefficient (Wildman–Crippen LogP) is 9.22. The van der Waals surface area contributed by atoms with E-state index in [4.69, 9.17) is 0 Å². The SMILES string of the molecule is CC(Cc1ccccc1C(C)(C)C)c1c(C(C)(C)C)ccc(C(C)(C)C)c1C(C)(C)C. The number of benzene rings is 2. The van der Waals surface area contributed by atoms with Crippen molar-refractivity contribution in [3.05, 3.63) is 69.8 Å². The van der Waals surface area contributed by atoms with Crippen molar-refractivity contribution in [1.82, 2.24) is 0 Å². The van der Waals surface area contributed by atoms with Gasteiger partial charge in [0.1, 0.15) is 0 Å². The summed E-state index contributed by atoms with van der Waals surface area (Å²) in [7, 11) is 0. The van der Waals surface area contributed by atoms with Crippen LogP contribution >= 0.6 is 0 Å². The third-order valence-corrected chi connectivity index (χ3v) is 6.46. The minimum atomic E-state index is 0.0943. The van der Waals surface area contributed by atoms with E-state index in [1.807, 2.05) is 0 Å². The maximum atomic E-state index is 2.45. The zero-order chi connectivity index (χ0) is 24.0. The second kappa shape index (κ2) is 8.42. The Balaban J connectivity index is 2.80. The smallest absolute Gasteiger partial charge is 0.0126 e. The highest BCUT2D eigenvalue weighted by Gasteiger charge is 2.33. The molecule has 2 rings (SSSR count). The molecule has 0 aliphatic heterocycles. The summed E-state index contributed by atoms with van der Waals surface area (Å²) in [6.45, 7) is 30.8. The van der Waals surface area contributed by atoms with Crippen molar-refractivity contribution in [2.75, 3.05) is 0 Å². The third-order valence-electron chi connectivity index (χ3n) is 6.46. The quantitative estimate of drug-likeness (QED) is 0.464. The van der Waals surface area contributed by atoms with Gasteiger partial charge in [0.15, 0.2) is 0 Å². The highest BCUT2D eigenvalue weighted by Crippen LogP contribution is 2.44. The summed E-state index contributed by atoms with van der Waals surface area (Å²) in [5.41, 5.74) is 9.60. The van der Waals surface area contributed by atoms with E-state index in [1.54, 1.807) is 11.1 Å². The summed E-state index contributed by atoms with van der Waals surface area (Å²) >= 11 is 0. The molecule has 0 aliphatic rings. The highest BCUT2D eigenvalue weighted by atomic mass is 14.4. The second-order valence-corrected chi connectivity index (χ2v) is 13.7. The fourth-order valence-electron chi connectivity index (χ4n) is 5.08. The molecule has 2 aromatic rings. The average Bonchev–Trinajstić information content (AvgIpc) is 2.57. The van der Waals surface area contributed by atoms with Gasteiger partial charge < -0.3 is 0 Å². The first-order valence-electron chi connectivity index (χ1n) is 12.1. The number of hydrogen-bond acceptors (Lipinski definition) is 0. The molecule has 0 amide bonds. The Bertz CT molecular complexity index is 899. The summed E-state index contributed by atoms with van der Waals surface area (Å²) in [6.07, 6.45) is 1.08. The molecule has 0 saturated carbocycles. The summed E-state index contributed by atoms with van der Waals surface area (Å²) < 4.78 is 0. The molecule has 1 unspecified atom stereocenters. The largest absolute Gasteiger partial charge is 0.0620 e. The van der Waals surface area contributed by atoms with Gasteiger partial charge in [-0.15, -0.1) is 0 Å². The van der Waals surface area contributed by atoms with Crippen molar-refractivity contribution in [3.8, 4) is 0 Å². The Morgan fingerprint density at radius 3 is 1.45 bits per heavy atom.